The van der Waals surface area contributed by atoms with Gasteiger partial charge in [0, 0.05) is 5.41 Å². The smallest absolute Gasteiger partial charge is 0.405 e. The molecule has 3 N–H and O–H groups in total. The Balaban J connectivity index is 2.47. The first-order valence-electron chi connectivity index (χ1n) is 3.82. The number of carbonyl (C=O) groups excluding carboxylic acids is 1. The topological polar surface area (TPSA) is 72.6 Å². The molecule has 0 saturated heterocycles. The lowest BCUT2D eigenvalue weighted by molar-refractivity contribution is 0.0991. The summed E-state index contributed by atoms with van der Waals surface area (Å²) in [6.45, 7) is 1.95. The van der Waals surface area contributed by atoms with Crippen molar-refractivity contribution in [3.63, 3.8) is 0 Å². The fourth-order valence-corrected chi connectivity index (χ4v) is 1.28. The lowest BCUT2D eigenvalue weighted by atomic mass is 9.91. The summed E-state index contributed by atoms with van der Waals surface area (Å²) in [5, 5.41) is 8.95. The van der Waals surface area contributed by atoms with E-state index in [-0.39, 0.29) is 18.1 Å². The molecule has 0 radical (unpaired) electrons. The first-order chi connectivity index (χ1) is 5.56. The van der Waals surface area contributed by atoms with Crippen molar-refractivity contribution in [3.05, 3.63) is 12.2 Å². The van der Waals surface area contributed by atoms with Crippen LogP contribution in [0.25, 0.3) is 0 Å². The van der Waals surface area contributed by atoms with Gasteiger partial charge in [0.1, 0.15) is 6.10 Å². The van der Waals surface area contributed by atoms with Gasteiger partial charge in [0.15, 0.2) is 0 Å². The van der Waals surface area contributed by atoms with Crippen molar-refractivity contribution in [3.8, 4) is 0 Å². The number of aliphatic hydroxyl groups excluding tert-OH is 1. The van der Waals surface area contributed by atoms with Gasteiger partial charge in [-0.1, -0.05) is 13.0 Å². The molecule has 1 rings (SSSR count). The molecule has 0 heterocycles. The maximum absolute atomic E-state index is 10.4. The van der Waals surface area contributed by atoms with Crippen LogP contribution in [0.15, 0.2) is 12.2 Å². The molecule has 0 aromatic rings. The van der Waals surface area contributed by atoms with Crippen LogP contribution in [-0.4, -0.2) is 23.9 Å². The summed E-state index contributed by atoms with van der Waals surface area (Å²) in [7, 11) is 0. The Morgan fingerprint density at radius 2 is 2.58 bits per heavy atom. The van der Waals surface area contributed by atoms with Crippen LogP contribution < -0.4 is 5.73 Å². The van der Waals surface area contributed by atoms with E-state index in [4.69, 9.17) is 15.6 Å². The van der Waals surface area contributed by atoms with E-state index in [1.807, 2.05) is 13.0 Å². The molecule has 68 valence electrons. The maximum Gasteiger partial charge on any atom is 0.405 e. The van der Waals surface area contributed by atoms with Crippen molar-refractivity contribution in [1.29, 1.82) is 0 Å². The van der Waals surface area contributed by atoms with Crippen molar-refractivity contribution < 1.29 is 14.6 Å². The van der Waals surface area contributed by atoms with Gasteiger partial charge < -0.3 is 15.6 Å². The Hall–Kier alpha value is -1.03. The van der Waals surface area contributed by atoms with Gasteiger partial charge >= 0.3 is 6.09 Å². The summed E-state index contributed by atoms with van der Waals surface area (Å²) in [6, 6.07) is 0. The summed E-state index contributed by atoms with van der Waals surface area (Å²) in [4.78, 5) is 10.4. The van der Waals surface area contributed by atoms with Gasteiger partial charge in [-0.25, -0.2) is 4.79 Å². The van der Waals surface area contributed by atoms with Gasteiger partial charge in [0.2, 0.25) is 0 Å². The third-order valence-corrected chi connectivity index (χ3v) is 2.01. The molecular weight excluding hydrogens is 158 g/mol. The molecule has 12 heavy (non-hydrogen) atoms. The predicted octanol–water partition coefficient (Wildman–Crippen LogP) is 0.409. The van der Waals surface area contributed by atoms with Crippen LogP contribution in [0, 0.1) is 5.41 Å². The summed E-state index contributed by atoms with van der Waals surface area (Å²) in [5.74, 6) is 0. The molecule has 0 aromatic heterocycles. The second-order valence-corrected chi connectivity index (χ2v) is 3.35. The fraction of sp³-hybridized carbons (Fsp3) is 0.625. The minimum atomic E-state index is -0.771. The first kappa shape index (κ1) is 9.06. The van der Waals surface area contributed by atoms with Crippen LogP contribution in [0.5, 0.6) is 0 Å². The average Bonchev–Trinajstić information content (AvgIpc) is 2.32. The van der Waals surface area contributed by atoms with E-state index in [0.29, 0.717) is 6.42 Å². The molecule has 0 fully saturated rings. The highest BCUT2D eigenvalue weighted by atomic mass is 16.6. The van der Waals surface area contributed by atoms with Crippen LogP contribution in [0.4, 0.5) is 4.79 Å². The number of nitrogens with two attached hydrogens (primary N) is 1. The van der Waals surface area contributed by atoms with E-state index in [1.165, 1.54) is 0 Å². The number of hydrogen-bond acceptors (Lipinski definition) is 3. The molecule has 1 aliphatic carbocycles. The van der Waals surface area contributed by atoms with Crippen molar-refractivity contribution >= 4 is 6.09 Å². The standard InChI is InChI=1S/C8H13NO3/c1-8(5-10)3-2-6(4-8)12-7(9)11/h2-3,6,10H,4-5H2,1H3,(H2,9,11)/t6-,8+/m0/s1. The molecule has 1 amide bonds. The normalized spacial score (nSPS) is 33.7. The summed E-state index contributed by atoms with van der Waals surface area (Å²) in [6.07, 6.45) is 3.15. The minimum Gasteiger partial charge on any atom is -0.442 e. The van der Waals surface area contributed by atoms with Gasteiger partial charge in [-0.05, 0) is 12.5 Å². The number of aliphatic hydroxyl groups is 1. The van der Waals surface area contributed by atoms with E-state index in [1.54, 1.807) is 6.08 Å². The largest absolute Gasteiger partial charge is 0.442 e. The first-order valence-corrected chi connectivity index (χ1v) is 3.82. The monoisotopic (exact) mass is 171 g/mol. The van der Waals surface area contributed by atoms with Crippen LogP contribution >= 0.6 is 0 Å². The lowest BCUT2D eigenvalue weighted by Crippen LogP contribution is -2.24. The third-order valence-electron chi connectivity index (χ3n) is 2.01. The Labute approximate surface area is 71.0 Å². The molecule has 0 bridgehead atoms. The molecule has 0 spiro atoms. The number of hydrogen-bond donors (Lipinski definition) is 2. The molecule has 2 atom stereocenters. The Morgan fingerprint density at radius 3 is 3.00 bits per heavy atom. The number of amides is 1. The Bertz CT molecular complexity index is 214. The van der Waals surface area contributed by atoms with Gasteiger partial charge in [0.05, 0.1) is 6.61 Å². The number of ether oxygens (including phenoxy) is 1. The maximum atomic E-state index is 10.4. The SMILES string of the molecule is C[C@@]1(CO)C=C[C@H](OC(N)=O)C1. The van der Waals surface area contributed by atoms with Crippen LogP contribution in [0.1, 0.15) is 13.3 Å². The van der Waals surface area contributed by atoms with Crippen LogP contribution in [-0.2, 0) is 4.74 Å². The highest BCUT2D eigenvalue weighted by molar-refractivity contribution is 5.65. The van der Waals surface area contributed by atoms with Crippen molar-refractivity contribution in [1.82, 2.24) is 0 Å². The van der Waals surface area contributed by atoms with Gasteiger partial charge in [-0.15, -0.1) is 0 Å². The highest BCUT2D eigenvalue weighted by Gasteiger charge is 2.30. The van der Waals surface area contributed by atoms with Gasteiger partial charge in [-0.3, -0.25) is 0 Å². The van der Waals surface area contributed by atoms with E-state index in [2.05, 4.69) is 0 Å². The average molecular weight is 171 g/mol. The summed E-state index contributed by atoms with van der Waals surface area (Å²) < 4.78 is 4.75. The quantitative estimate of drug-likeness (QED) is 0.591. The molecule has 0 saturated carbocycles. The van der Waals surface area contributed by atoms with E-state index in [0.717, 1.165) is 0 Å². The zero-order valence-electron chi connectivity index (χ0n) is 6.99. The molecule has 0 aliphatic heterocycles. The summed E-state index contributed by atoms with van der Waals surface area (Å²) in [5.41, 5.74) is 4.58. The predicted molar refractivity (Wildman–Crippen MR) is 43.4 cm³/mol. The van der Waals surface area contributed by atoms with Gasteiger partial charge in [-0.2, -0.15) is 0 Å². The zero-order chi connectivity index (χ0) is 9.19. The van der Waals surface area contributed by atoms with E-state index < -0.39 is 6.09 Å². The van der Waals surface area contributed by atoms with Gasteiger partial charge in [0.25, 0.3) is 0 Å². The lowest BCUT2D eigenvalue weighted by Gasteiger charge is -2.19. The number of rotatable bonds is 2. The van der Waals surface area contributed by atoms with E-state index >= 15 is 0 Å². The zero-order valence-corrected chi connectivity index (χ0v) is 6.99. The minimum absolute atomic E-state index is 0.0577. The Morgan fingerprint density at radius 1 is 1.92 bits per heavy atom. The molecule has 0 unspecified atom stereocenters. The second-order valence-electron chi connectivity index (χ2n) is 3.35. The molecular formula is C8H13NO3. The van der Waals surface area contributed by atoms with E-state index in [9.17, 15) is 4.79 Å². The van der Waals surface area contributed by atoms with Crippen molar-refractivity contribution in [2.75, 3.05) is 6.61 Å². The van der Waals surface area contributed by atoms with Crippen molar-refractivity contribution in [2.45, 2.75) is 19.4 Å². The van der Waals surface area contributed by atoms with Crippen molar-refractivity contribution in [2.24, 2.45) is 11.1 Å². The van der Waals surface area contributed by atoms with Crippen LogP contribution in [0.3, 0.4) is 0 Å². The van der Waals surface area contributed by atoms with Crippen LogP contribution in [0.2, 0.25) is 0 Å². The number of carbonyl (C=O) groups is 1. The molecule has 4 nitrogen and oxygen atoms in total. The third kappa shape index (κ3) is 1.98. The second kappa shape index (κ2) is 3.15. The summed E-state index contributed by atoms with van der Waals surface area (Å²) >= 11 is 0. The number of primary amides is 1. The highest BCUT2D eigenvalue weighted by Crippen LogP contribution is 2.32. The fourth-order valence-electron chi connectivity index (χ4n) is 1.28. The Kier molecular flexibility index (Phi) is 2.38. The molecule has 4 heteroatoms. The molecule has 1 aliphatic rings. The molecule has 0 aromatic carbocycles.